The van der Waals surface area contributed by atoms with Crippen LogP contribution < -0.4 is 10.6 Å². The van der Waals surface area contributed by atoms with Crippen LogP contribution in [0.1, 0.15) is 17.3 Å². The van der Waals surface area contributed by atoms with E-state index in [1.165, 1.54) is 12.5 Å². The number of rotatable bonds is 5. The number of alkyl carbamates (subject to hydrolysis) is 1. The Hall–Kier alpha value is -1.98. The van der Waals surface area contributed by atoms with Gasteiger partial charge in [0.05, 0.1) is 18.4 Å². The molecule has 6 nitrogen and oxygen atoms in total. The number of carbonyl (C=O) groups is 2. The highest BCUT2D eigenvalue weighted by Crippen LogP contribution is 1.98. The topological polar surface area (TPSA) is 80.6 Å². The molecule has 1 aromatic rings. The van der Waals surface area contributed by atoms with Crippen LogP contribution in [0.3, 0.4) is 0 Å². The first-order chi connectivity index (χ1) is 7.74. The summed E-state index contributed by atoms with van der Waals surface area (Å²) in [5.74, 6) is -0.237. The number of ether oxygens (including phenoxy) is 1. The molecule has 0 unspecified atom stereocenters. The molecule has 0 saturated carbocycles. The highest BCUT2D eigenvalue weighted by atomic mass is 16.5. The molecule has 1 heterocycles. The fraction of sp³-hybridized carbons (Fsp3) is 0.400. The SMILES string of the molecule is CCOC(=O)NCCNC(=O)c1ccoc1. The van der Waals surface area contributed by atoms with Crippen LogP contribution in [0.4, 0.5) is 4.79 Å². The molecule has 0 spiro atoms. The van der Waals surface area contributed by atoms with Gasteiger partial charge in [-0.1, -0.05) is 0 Å². The van der Waals surface area contributed by atoms with Gasteiger partial charge in [-0.3, -0.25) is 4.79 Å². The van der Waals surface area contributed by atoms with Crippen molar-refractivity contribution in [1.82, 2.24) is 10.6 Å². The normalized spacial score (nSPS) is 9.56. The van der Waals surface area contributed by atoms with Crippen LogP contribution in [-0.4, -0.2) is 31.7 Å². The maximum atomic E-state index is 11.4. The van der Waals surface area contributed by atoms with E-state index in [-0.39, 0.29) is 5.91 Å². The van der Waals surface area contributed by atoms with E-state index >= 15 is 0 Å². The standard InChI is InChI=1S/C10H14N2O4/c1-2-16-10(14)12-5-4-11-9(13)8-3-6-15-7-8/h3,6-7H,2,4-5H2,1H3,(H,11,13)(H,12,14). The van der Waals surface area contributed by atoms with Crippen LogP contribution in [0.5, 0.6) is 0 Å². The Bertz CT molecular complexity index is 335. The monoisotopic (exact) mass is 226 g/mol. The lowest BCUT2D eigenvalue weighted by molar-refractivity contribution is 0.0951. The average Bonchev–Trinajstić information content (AvgIpc) is 2.78. The van der Waals surface area contributed by atoms with E-state index in [0.29, 0.717) is 25.3 Å². The van der Waals surface area contributed by atoms with Crippen LogP contribution in [0.15, 0.2) is 23.0 Å². The van der Waals surface area contributed by atoms with Crippen molar-refractivity contribution in [2.45, 2.75) is 6.92 Å². The minimum atomic E-state index is -0.486. The number of furan rings is 1. The van der Waals surface area contributed by atoms with Gasteiger partial charge in [0.2, 0.25) is 0 Å². The summed E-state index contributed by atoms with van der Waals surface area (Å²) in [6, 6.07) is 1.56. The van der Waals surface area contributed by atoms with Crippen LogP contribution >= 0.6 is 0 Å². The van der Waals surface area contributed by atoms with Gasteiger partial charge in [-0.2, -0.15) is 0 Å². The lowest BCUT2D eigenvalue weighted by atomic mass is 10.3. The highest BCUT2D eigenvalue weighted by molar-refractivity contribution is 5.93. The van der Waals surface area contributed by atoms with Gasteiger partial charge in [-0.25, -0.2) is 4.79 Å². The minimum Gasteiger partial charge on any atom is -0.472 e. The zero-order valence-electron chi connectivity index (χ0n) is 8.99. The second-order valence-electron chi connectivity index (χ2n) is 2.92. The third-order valence-electron chi connectivity index (χ3n) is 1.74. The first-order valence-corrected chi connectivity index (χ1v) is 4.95. The van der Waals surface area contributed by atoms with E-state index in [1.54, 1.807) is 13.0 Å². The van der Waals surface area contributed by atoms with Crippen LogP contribution in [0.2, 0.25) is 0 Å². The van der Waals surface area contributed by atoms with E-state index in [1.807, 2.05) is 0 Å². The minimum absolute atomic E-state index is 0.237. The maximum absolute atomic E-state index is 11.4. The van der Waals surface area contributed by atoms with E-state index in [9.17, 15) is 9.59 Å². The summed E-state index contributed by atoms with van der Waals surface area (Å²) in [4.78, 5) is 22.2. The van der Waals surface area contributed by atoms with Crippen molar-refractivity contribution in [1.29, 1.82) is 0 Å². The molecular formula is C10H14N2O4. The average molecular weight is 226 g/mol. The van der Waals surface area contributed by atoms with Crippen LogP contribution in [0, 0.1) is 0 Å². The van der Waals surface area contributed by atoms with E-state index in [4.69, 9.17) is 4.42 Å². The predicted octanol–water partition coefficient (Wildman–Crippen LogP) is 0.755. The van der Waals surface area contributed by atoms with Gasteiger partial charge in [0.1, 0.15) is 6.26 Å². The molecule has 0 fully saturated rings. The number of hydrogen-bond donors (Lipinski definition) is 2. The zero-order chi connectivity index (χ0) is 11.8. The molecule has 88 valence electrons. The summed E-state index contributed by atoms with van der Waals surface area (Å²) in [7, 11) is 0. The third kappa shape index (κ3) is 4.04. The van der Waals surface area contributed by atoms with Crippen molar-refractivity contribution in [3.8, 4) is 0 Å². The van der Waals surface area contributed by atoms with Crippen molar-refractivity contribution in [3.63, 3.8) is 0 Å². The first-order valence-electron chi connectivity index (χ1n) is 4.95. The molecule has 0 radical (unpaired) electrons. The Balaban J connectivity index is 2.12. The molecule has 0 atom stereocenters. The summed E-state index contributed by atoms with van der Waals surface area (Å²) in [5, 5.41) is 5.10. The Kier molecular flexibility index (Phi) is 4.91. The molecule has 0 saturated heterocycles. The third-order valence-corrected chi connectivity index (χ3v) is 1.74. The van der Waals surface area contributed by atoms with Crippen molar-refractivity contribution in [2.75, 3.05) is 19.7 Å². The Labute approximate surface area is 93.0 Å². The molecule has 16 heavy (non-hydrogen) atoms. The Morgan fingerprint density at radius 3 is 2.75 bits per heavy atom. The summed E-state index contributed by atoms with van der Waals surface area (Å²) < 4.78 is 9.40. The molecule has 0 bridgehead atoms. The van der Waals surface area contributed by atoms with Gasteiger partial charge in [-0.15, -0.1) is 0 Å². The lowest BCUT2D eigenvalue weighted by Crippen LogP contribution is -2.34. The number of nitrogens with one attached hydrogen (secondary N) is 2. The Morgan fingerprint density at radius 1 is 1.38 bits per heavy atom. The quantitative estimate of drug-likeness (QED) is 0.726. The largest absolute Gasteiger partial charge is 0.472 e. The van der Waals surface area contributed by atoms with Gasteiger partial charge >= 0.3 is 6.09 Å². The molecule has 0 aliphatic carbocycles. The molecular weight excluding hydrogens is 212 g/mol. The maximum Gasteiger partial charge on any atom is 0.407 e. The van der Waals surface area contributed by atoms with E-state index in [2.05, 4.69) is 15.4 Å². The van der Waals surface area contributed by atoms with Crippen molar-refractivity contribution >= 4 is 12.0 Å². The Morgan fingerprint density at radius 2 is 2.12 bits per heavy atom. The summed E-state index contributed by atoms with van der Waals surface area (Å²) in [6.07, 6.45) is 2.29. The lowest BCUT2D eigenvalue weighted by Gasteiger charge is -2.05. The summed E-state index contributed by atoms with van der Waals surface area (Å²) in [5.41, 5.74) is 0.455. The van der Waals surface area contributed by atoms with Gasteiger partial charge in [0.15, 0.2) is 0 Å². The zero-order valence-corrected chi connectivity index (χ0v) is 8.99. The van der Waals surface area contributed by atoms with Crippen molar-refractivity contribution < 1.29 is 18.7 Å². The van der Waals surface area contributed by atoms with Crippen molar-refractivity contribution in [3.05, 3.63) is 24.2 Å². The summed E-state index contributed by atoms with van der Waals surface area (Å²) >= 11 is 0. The van der Waals surface area contributed by atoms with Gasteiger partial charge in [0.25, 0.3) is 5.91 Å². The second kappa shape index (κ2) is 6.49. The van der Waals surface area contributed by atoms with Crippen molar-refractivity contribution in [2.24, 2.45) is 0 Å². The van der Waals surface area contributed by atoms with Crippen LogP contribution in [-0.2, 0) is 4.74 Å². The predicted molar refractivity (Wildman–Crippen MR) is 56.1 cm³/mol. The molecule has 1 rings (SSSR count). The second-order valence-corrected chi connectivity index (χ2v) is 2.92. The van der Waals surface area contributed by atoms with E-state index in [0.717, 1.165) is 0 Å². The number of hydrogen-bond acceptors (Lipinski definition) is 4. The highest BCUT2D eigenvalue weighted by Gasteiger charge is 2.05. The molecule has 0 aromatic carbocycles. The fourth-order valence-corrected chi connectivity index (χ4v) is 1.02. The fourth-order valence-electron chi connectivity index (χ4n) is 1.02. The van der Waals surface area contributed by atoms with E-state index < -0.39 is 6.09 Å². The van der Waals surface area contributed by atoms with Gasteiger partial charge in [0, 0.05) is 13.1 Å². The molecule has 2 N–H and O–H groups in total. The summed E-state index contributed by atoms with van der Waals surface area (Å²) in [6.45, 7) is 2.71. The number of amides is 2. The van der Waals surface area contributed by atoms with Gasteiger partial charge in [-0.05, 0) is 13.0 Å². The molecule has 6 heteroatoms. The first kappa shape index (κ1) is 12.1. The smallest absolute Gasteiger partial charge is 0.407 e. The molecule has 0 aliphatic heterocycles. The van der Waals surface area contributed by atoms with Crippen LogP contribution in [0.25, 0.3) is 0 Å². The molecule has 1 aromatic heterocycles. The number of carbonyl (C=O) groups excluding carboxylic acids is 2. The molecule has 0 aliphatic rings. The van der Waals surface area contributed by atoms with Gasteiger partial charge < -0.3 is 19.8 Å². The molecule has 2 amide bonds.